The molecular weight excluding hydrogens is 226 g/mol. The van der Waals surface area contributed by atoms with Crippen molar-refractivity contribution in [2.45, 2.75) is 25.9 Å². The van der Waals surface area contributed by atoms with Crippen molar-refractivity contribution in [3.8, 4) is 6.07 Å². The molecule has 1 aromatic heterocycles. The first kappa shape index (κ1) is 12.6. The molecule has 0 aliphatic carbocycles. The number of fused-ring (bicyclic) bond motifs is 1. The van der Waals surface area contributed by atoms with Crippen LogP contribution in [0.4, 0.5) is 0 Å². The first-order valence-electron chi connectivity index (χ1n) is 5.87. The average Bonchev–Trinajstić information content (AvgIpc) is 2.65. The Morgan fingerprint density at radius 2 is 2.17 bits per heavy atom. The molecule has 1 aromatic carbocycles. The van der Waals surface area contributed by atoms with Gasteiger partial charge in [-0.15, -0.1) is 0 Å². The minimum atomic E-state index is -0.243. The molecule has 4 nitrogen and oxygen atoms in total. The van der Waals surface area contributed by atoms with E-state index in [2.05, 4.69) is 11.1 Å². The van der Waals surface area contributed by atoms with Crippen LogP contribution in [0.1, 0.15) is 25.2 Å². The van der Waals surface area contributed by atoms with Crippen LogP contribution in [-0.2, 0) is 18.2 Å². The molecule has 0 N–H and O–H groups in total. The Balaban J connectivity index is 2.48. The van der Waals surface area contributed by atoms with E-state index in [1.807, 2.05) is 37.6 Å². The van der Waals surface area contributed by atoms with Crippen molar-refractivity contribution in [3.05, 3.63) is 29.6 Å². The van der Waals surface area contributed by atoms with Crippen molar-refractivity contribution in [2.75, 3.05) is 7.11 Å². The topological polar surface area (TPSA) is 50.8 Å². The Labute approximate surface area is 107 Å². The molecular formula is C14H17N3O. The normalized spacial score (nSPS) is 11.7. The summed E-state index contributed by atoms with van der Waals surface area (Å²) in [6.07, 6.45) is 0.733. The zero-order valence-electron chi connectivity index (χ0n) is 11.2. The molecule has 0 bridgehead atoms. The fourth-order valence-electron chi connectivity index (χ4n) is 1.92. The van der Waals surface area contributed by atoms with Crippen LogP contribution in [0.15, 0.2) is 18.2 Å². The van der Waals surface area contributed by atoms with Gasteiger partial charge < -0.3 is 9.30 Å². The number of hydrogen-bond donors (Lipinski definition) is 0. The highest BCUT2D eigenvalue weighted by Gasteiger charge is 2.21. The summed E-state index contributed by atoms with van der Waals surface area (Å²) in [5, 5.41) is 8.92. The molecule has 18 heavy (non-hydrogen) atoms. The molecule has 0 saturated carbocycles. The molecule has 4 heteroatoms. The number of nitrogens with zero attached hydrogens (tertiary/aromatic N) is 3. The number of imidazole rings is 1. The molecule has 2 rings (SSSR count). The van der Waals surface area contributed by atoms with Crippen molar-refractivity contribution in [1.82, 2.24) is 9.55 Å². The number of ether oxygens (including phenoxy) is 1. The van der Waals surface area contributed by atoms with Gasteiger partial charge in [-0.3, -0.25) is 0 Å². The summed E-state index contributed by atoms with van der Waals surface area (Å²) >= 11 is 0. The number of methoxy groups -OCH3 is 1. The summed E-state index contributed by atoms with van der Waals surface area (Å²) in [5.74, 6) is 0.965. The summed E-state index contributed by atoms with van der Waals surface area (Å²) in [6, 6.07) is 7.69. The van der Waals surface area contributed by atoms with Crippen molar-refractivity contribution in [2.24, 2.45) is 7.05 Å². The molecule has 0 aliphatic rings. The summed E-state index contributed by atoms with van der Waals surface area (Å²) in [4.78, 5) is 4.59. The van der Waals surface area contributed by atoms with Crippen LogP contribution in [0.2, 0.25) is 0 Å². The van der Waals surface area contributed by atoms with E-state index in [0.717, 1.165) is 23.3 Å². The average molecular weight is 243 g/mol. The number of aryl methyl sites for hydroxylation is 1. The van der Waals surface area contributed by atoms with Crippen LogP contribution in [0.5, 0.6) is 0 Å². The van der Waals surface area contributed by atoms with Crippen molar-refractivity contribution < 1.29 is 4.74 Å². The minimum absolute atomic E-state index is 0.243. The van der Waals surface area contributed by atoms with Crippen LogP contribution < -0.4 is 0 Å². The standard InChI is InChI=1S/C14H17N3O/c1-14(2,18-4)8-13-16-11-6-5-10(9-15)7-12(11)17(13)3/h5-7H,8H2,1-4H3. The van der Waals surface area contributed by atoms with Crippen LogP contribution in [0, 0.1) is 11.3 Å². The van der Waals surface area contributed by atoms with Gasteiger partial charge in [0, 0.05) is 20.6 Å². The predicted molar refractivity (Wildman–Crippen MR) is 70.2 cm³/mol. The maximum atomic E-state index is 8.92. The summed E-state index contributed by atoms with van der Waals surface area (Å²) in [6.45, 7) is 4.07. The van der Waals surface area contributed by atoms with Gasteiger partial charge in [0.25, 0.3) is 0 Å². The third-order valence-electron chi connectivity index (χ3n) is 3.24. The van der Waals surface area contributed by atoms with E-state index >= 15 is 0 Å². The van der Waals surface area contributed by atoms with Crippen LogP contribution in [0.25, 0.3) is 11.0 Å². The number of nitriles is 1. The molecule has 0 amide bonds. The van der Waals surface area contributed by atoms with E-state index in [4.69, 9.17) is 10.00 Å². The molecule has 0 saturated heterocycles. The largest absolute Gasteiger partial charge is 0.378 e. The fourth-order valence-corrected chi connectivity index (χ4v) is 1.92. The van der Waals surface area contributed by atoms with Gasteiger partial charge in [0.15, 0.2) is 0 Å². The Morgan fingerprint density at radius 3 is 2.78 bits per heavy atom. The summed E-state index contributed by atoms with van der Waals surface area (Å²) < 4.78 is 7.46. The second kappa shape index (κ2) is 4.43. The molecule has 0 aliphatic heterocycles. The smallest absolute Gasteiger partial charge is 0.112 e. The highest BCUT2D eigenvalue weighted by molar-refractivity contribution is 5.77. The number of benzene rings is 1. The van der Waals surface area contributed by atoms with E-state index in [-0.39, 0.29) is 5.60 Å². The molecule has 0 fully saturated rings. The zero-order chi connectivity index (χ0) is 13.3. The summed E-state index contributed by atoms with van der Waals surface area (Å²) in [7, 11) is 3.67. The molecule has 0 unspecified atom stereocenters. The quantitative estimate of drug-likeness (QED) is 0.831. The molecule has 94 valence electrons. The summed E-state index contributed by atoms with van der Waals surface area (Å²) in [5.41, 5.74) is 2.31. The lowest BCUT2D eigenvalue weighted by atomic mass is 10.1. The van der Waals surface area contributed by atoms with Crippen LogP contribution in [-0.4, -0.2) is 22.3 Å². The first-order valence-corrected chi connectivity index (χ1v) is 5.87. The molecule has 1 heterocycles. The molecule has 0 spiro atoms. The van der Waals surface area contributed by atoms with Gasteiger partial charge >= 0.3 is 0 Å². The highest BCUT2D eigenvalue weighted by Crippen LogP contribution is 2.21. The lowest BCUT2D eigenvalue weighted by molar-refractivity contribution is 0.0211. The number of rotatable bonds is 3. The third-order valence-corrected chi connectivity index (χ3v) is 3.24. The maximum Gasteiger partial charge on any atom is 0.112 e. The number of aromatic nitrogens is 2. The monoisotopic (exact) mass is 243 g/mol. The van der Waals surface area contributed by atoms with E-state index < -0.39 is 0 Å². The Kier molecular flexibility index (Phi) is 3.10. The van der Waals surface area contributed by atoms with Gasteiger partial charge in [0.2, 0.25) is 0 Å². The van der Waals surface area contributed by atoms with Gasteiger partial charge in [-0.25, -0.2) is 4.98 Å². The molecule has 2 aromatic rings. The van der Waals surface area contributed by atoms with Gasteiger partial charge in [-0.2, -0.15) is 5.26 Å². The molecule has 0 radical (unpaired) electrons. The Hall–Kier alpha value is -1.86. The van der Waals surface area contributed by atoms with Crippen molar-refractivity contribution in [3.63, 3.8) is 0 Å². The first-order chi connectivity index (χ1) is 8.46. The van der Waals surface area contributed by atoms with E-state index in [0.29, 0.717) is 5.56 Å². The van der Waals surface area contributed by atoms with Gasteiger partial charge in [0.05, 0.1) is 28.3 Å². The predicted octanol–water partition coefficient (Wildman–Crippen LogP) is 2.41. The SMILES string of the molecule is COC(C)(C)Cc1nc2ccc(C#N)cc2n1C. The highest BCUT2D eigenvalue weighted by atomic mass is 16.5. The van der Waals surface area contributed by atoms with E-state index in [1.54, 1.807) is 13.2 Å². The van der Waals surface area contributed by atoms with Crippen molar-refractivity contribution >= 4 is 11.0 Å². The second-order valence-electron chi connectivity index (χ2n) is 5.04. The van der Waals surface area contributed by atoms with Gasteiger partial charge in [0.1, 0.15) is 5.82 Å². The minimum Gasteiger partial charge on any atom is -0.378 e. The van der Waals surface area contributed by atoms with Gasteiger partial charge in [-0.05, 0) is 32.0 Å². The fraction of sp³-hybridized carbons (Fsp3) is 0.429. The van der Waals surface area contributed by atoms with E-state index in [1.165, 1.54) is 0 Å². The lowest BCUT2D eigenvalue weighted by Crippen LogP contribution is -2.27. The lowest BCUT2D eigenvalue weighted by Gasteiger charge is -2.22. The Morgan fingerprint density at radius 1 is 1.44 bits per heavy atom. The number of hydrogen-bond acceptors (Lipinski definition) is 3. The third kappa shape index (κ3) is 2.22. The van der Waals surface area contributed by atoms with Crippen LogP contribution in [0.3, 0.4) is 0 Å². The Bertz CT molecular complexity index is 620. The van der Waals surface area contributed by atoms with Gasteiger partial charge in [-0.1, -0.05) is 0 Å². The van der Waals surface area contributed by atoms with Crippen LogP contribution >= 0.6 is 0 Å². The zero-order valence-corrected chi connectivity index (χ0v) is 11.2. The van der Waals surface area contributed by atoms with E-state index in [9.17, 15) is 0 Å². The maximum absolute atomic E-state index is 8.92. The van der Waals surface area contributed by atoms with Crippen molar-refractivity contribution in [1.29, 1.82) is 5.26 Å². The second-order valence-corrected chi connectivity index (χ2v) is 5.04. The molecule has 0 atom stereocenters.